The van der Waals surface area contributed by atoms with Crippen molar-refractivity contribution in [2.45, 2.75) is 42.8 Å². The number of hydrazine groups is 1. The van der Waals surface area contributed by atoms with Crippen LogP contribution in [0.4, 0.5) is 5.13 Å². The Morgan fingerprint density at radius 1 is 1.18 bits per heavy atom. The number of hydrogen-bond donors (Lipinski definition) is 2. The van der Waals surface area contributed by atoms with E-state index in [1.54, 1.807) is 5.38 Å². The molecule has 0 radical (unpaired) electrons. The van der Waals surface area contributed by atoms with Crippen LogP contribution in [0.3, 0.4) is 0 Å². The fourth-order valence-corrected chi connectivity index (χ4v) is 8.31. The summed E-state index contributed by atoms with van der Waals surface area (Å²) in [6, 6.07) is 0. The Kier molecular flexibility index (Phi) is 4.67. The number of nitrogens with zero attached hydrogens (tertiary/aromatic N) is 2. The lowest BCUT2D eigenvalue weighted by atomic mass is 9.49. The number of hydrogen-bond acceptors (Lipinski definition) is 6. The Bertz CT molecular complexity index is 780. The number of ether oxygens (including phenoxy) is 1. The van der Waals surface area contributed by atoms with Crippen molar-refractivity contribution in [3.05, 3.63) is 11.1 Å². The average molecular weight is 469 g/mol. The van der Waals surface area contributed by atoms with E-state index in [-0.39, 0.29) is 21.6 Å². The summed E-state index contributed by atoms with van der Waals surface area (Å²) in [6.07, 6.45) is 6.35. The van der Waals surface area contributed by atoms with Crippen LogP contribution in [0.25, 0.3) is 0 Å². The monoisotopic (exact) mass is 468 g/mol. The molecule has 7 nitrogen and oxygen atoms in total. The minimum absolute atomic E-state index is 0.0394. The number of amides is 2. The van der Waals surface area contributed by atoms with E-state index in [0.29, 0.717) is 30.7 Å². The molecule has 0 spiro atoms. The lowest BCUT2D eigenvalue weighted by molar-refractivity contribution is -0.144. The second-order valence-electron chi connectivity index (χ2n) is 8.92. The second-order valence-corrected chi connectivity index (χ2v) is 11.4. The van der Waals surface area contributed by atoms with E-state index >= 15 is 0 Å². The summed E-state index contributed by atoms with van der Waals surface area (Å²) in [4.78, 5) is 32.1. The molecule has 152 valence electrons. The van der Waals surface area contributed by atoms with Crippen molar-refractivity contribution >= 4 is 44.2 Å². The summed E-state index contributed by atoms with van der Waals surface area (Å²) in [5.41, 5.74) is 5.31. The second kappa shape index (κ2) is 6.95. The Morgan fingerprint density at radius 3 is 2.57 bits per heavy atom. The molecule has 2 amide bonds. The van der Waals surface area contributed by atoms with Crippen LogP contribution in [-0.4, -0.2) is 47.4 Å². The quantitative estimate of drug-likeness (QED) is 0.525. The van der Waals surface area contributed by atoms with Gasteiger partial charge in [0.25, 0.3) is 5.91 Å². The number of alkyl halides is 1. The van der Waals surface area contributed by atoms with Gasteiger partial charge in [0.15, 0.2) is 5.13 Å². The fraction of sp³-hybridized carbons (Fsp3) is 0.737. The van der Waals surface area contributed by atoms with E-state index in [0.717, 1.165) is 37.5 Å². The van der Waals surface area contributed by atoms with Gasteiger partial charge < -0.3 is 9.64 Å². The van der Waals surface area contributed by atoms with Crippen molar-refractivity contribution < 1.29 is 14.3 Å². The number of morpholine rings is 1. The first-order chi connectivity index (χ1) is 13.4. The summed E-state index contributed by atoms with van der Waals surface area (Å²) in [5, 5.41) is 2.56. The van der Waals surface area contributed by atoms with Crippen LogP contribution in [-0.2, 0) is 9.53 Å². The van der Waals surface area contributed by atoms with Crippen LogP contribution in [0.1, 0.15) is 49.0 Å². The lowest BCUT2D eigenvalue weighted by Crippen LogP contribution is -2.60. The molecule has 4 bridgehead atoms. The SMILES string of the molecule is O=C(NNC(=O)C12CC3CC(CC(Br)(C3)C1)C2)c1csc(N2CCOCC2)n1. The van der Waals surface area contributed by atoms with E-state index in [9.17, 15) is 9.59 Å². The van der Waals surface area contributed by atoms with Crippen LogP contribution >= 0.6 is 27.3 Å². The van der Waals surface area contributed by atoms with E-state index < -0.39 is 0 Å². The van der Waals surface area contributed by atoms with Gasteiger partial charge >= 0.3 is 0 Å². The normalized spacial score (nSPS) is 36.4. The van der Waals surface area contributed by atoms with E-state index in [1.165, 1.54) is 30.6 Å². The summed E-state index contributed by atoms with van der Waals surface area (Å²) >= 11 is 5.37. The first kappa shape index (κ1) is 18.8. The van der Waals surface area contributed by atoms with E-state index in [1.807, 2.05) is 0 Å². The van der Waals surface area contributed by atoms with Gasteiger partial charge in [-0.05, 0) is 50.4 Å². The molecule has 6 rings (SSSR count). The van der Waals surface area contributed by atoms with Gasteiger partial charge in [0.1, 0.15) is 5.69 Å². The smallest absolute Gasteiger partial charge is 0.289 e. The standard InChI is InChI=1S/C19H25BrN4O3S/c20-19-8-12-5-13(9-19)7-18(6-12,11-19)16(26)23-22-15(25)14-10-28-17(21-14)24-1-3-27-4-2-24/h10,12-13H,1-9,11H2,(H,22,25)(H,23,26). The molecule has 2 heterocycles. The molecule has 1 aromatic heterocycles. The molecule has 9 heteroatoms. The molecule has 0 aromatic carbocycles. The van der Waals surface area contributed by atoms with Gasteiger partial charge in [-0.15, -0.1) is 11.3 Å². The van der Waals surface area contributed by atoms with Crippen LogP contribution in [0.15, 0.2) is 5.38 Å². The van der Waals surface area contributed by atoms with Gasteiger partial charge in [-0.3, -0.25) is 20.4 Å². The number of carbonyl (C=O) groups excluding carboxylic acids is 2. The molecule has 28 heavy (non-hydrogen) atoms. The van der Waals surface area contributed by atoms with Crippen LogP contribution < -0.4 is 15.8 Å². The lowest BCUT2D eigenvalue weighted by Gasteiger charge is -2.59. The van der Waals surface area contributed by atoms with Crippen molar-refractivity contribution in [3.63, 3.8) is 0 Å². The highest BCUT2D eigenvalue weighted by Gasteiger charge is 2.59. The summed E-state index contributed by atoms with van der Waals surface area (Å²) in [7, 11) is 0. The third-order valence-corrected chi connectivity index (χ3v) is 8.60. The minimum Gasteiger partial charge on any atom is -0.378 e. The van der Waals surface area contributed by atoms with Crippen LogP contribution in [0.2, 0.25) is 0 Å². The first-order valence-corrected chi connectivity index (χ1v) is 11.7. The highest BCUT2D eigenvalue weighted by Crippen LogP contribution is 2.64. The predicted molar refractivity (Wildman–Crippen MR) is 110 cm³/mol. The highest BCUT2D eigenvalue weighted by molar-refractivity contribution is 9.10. The van der Waals surface area contributed by atoms with Gasteiger partial charge in [-0.2, -0.15) is 0 Å². The number of aromatic nitrogens is 1. The molecule has 2 N–H and O–H groups in total. The van der Waals surface area contributed by atoms with Gasteiger partial charge in [-0.1, -0.05) is 15.9 Å². The van der Waals surface area contributed by atoms with Crippen molar-refractivity contribution in [2.75, 3.05) is 31.2 Å². The predicted octanol–water partition coefficient (Wildman–Crippen LogP) is 2.47. The van der Waals surface area contributed by atoms with Crippen molar-refractivity contribution in [2.24, 2.45) is 17.3 Å². The Morgan fingerprint density at radius 2 is 1.89 bits per heavy atom. The highest BCUT2D eigenvalue weighted by atomic mass is 79.9. The first-order valence-electron chi connectivity index (χ1n) is 10.0. The maximum atomic E-state index is 13.0. The number of carbonyl (C=O) groups is 2. The van der Waals surface area contributed by atoms with Crippen molar-refractivity contribution in [3.8, 4) is 0 Å². The molecule has 2 unspecified atom stereocenters. The number of anilines is 1. The zero-order valence-electron chi connectivity index (χ0n) is 15.7. The maximum absolute atomic E-state index is 13.0. The van der Waals surface area contributed by atoms with Crippen molar-refractivity contribution in [1.29, 1.82) is 0 Å². The van der Waals surface area contributed by atoms with E-state index in [2.05, 4.69) is 36.7 Å². The molecule has 5 aliphatic rings. The molecule has 2 atom stereocenters. The zero-order chi connectivity index (χ0) is 19.4. The molecule has 1 saturated heterocycles. The van der Waals surface area contributed by atoms with Crippen molar-refractivity contribution in [1.82, 2.24) is 15.8 Å². The molecule has 1 aromatic rings. The molecular weight excluding hydrogens is 444 g/mol. The largest absolute Gasteiger partial charge is 0.378 e. The Balaban J connectivity index is 1.21. The van der Waals surface area contributed by atoms with Crippen LogP contribution in [0, 0.1) is 17.3 Å². The molecule has 5 fully saturated rings. The zero-order valence-corrected chi connectivity index (χ0v) is 18.1. The minimum atomic E-state index is -0.359. The number of halogens is 1. The number of nitrogens with one attached hydrogen (secondary N) is 2. The van der Waals surface area contributed by atoms with Gasteiger partial charge in [0.05, 0.1) is 18.6 Å². The average Bonchev–Trinajstić information content (AvgIpc) is 3.15. The molecule has 1 aliphatic heterocycles. The fourth-order valence-electron chi connectivity index (χ4n) is 6.00. The van der Waals surface area contributed by atoms with Gasteiger partial charge in [0, 0.05) is 22.8 Å². The molecule has 4 aliphatic carbocycles. The Labute approximate surface area is 176 Å². The number of rotatable bonds is 3. The van der Waals surface area contributed by atoms with E-state index in [4.69, 9.17) is 4.74 Å². The topological polar surface area (TPSA) is 83.6 Å². The Hall–Kier alpha value is -1.19. The van der Waals surface area contributed by atoms with Gasteiger partial charge in [-0.25, -0.2) is 4.98 Å². The summed E-state index contributed by atoms with van der Waals surface area (Å²) in [5.74, 6) is 0.846. The van der Waals surface area contributed by atoms with Crippen LogP contribution in [0.5, 0.6) is 0 Å². The van der Waals surface area contributed by atoms with Gasteiger partial charge in [0.2, 0.25) is 5.91 Å². The molecular formula is C19H25BrN4O3S. The maximum Gasteiger partial charge on any atom is 0.289 e. The summed E-state index contributed by atoms with van der Waals surface area (Å²) < 4.78 is 5.46. The third kappa shape index (κ3) is 3.35. The number of thiazole rings is 1. The molecule has 4 saturated carbocycles. The summed E-state index contributed by atoms with van der Waals surface area (Å²) in [6.45, 7) is 2.92. The third-order valence-electron chi connectivity index (χ3n) is 6.77.